The second kappa shape index (κ2) is 4.73. The van der Waals surface area contributed by atoms with Crippen LogP contribution in [-0.4, -0.2) is 20.0 Å². The van der Waals surface area contributed by atoms with Gasteiger partial charge in [0.2, 0.25) is 0 Å². The summed E-state index contributed by atoms with van der Waals surface area (Å²) < 4.78 is 24.3. The van der Waals surface area contributed by atoms with Crippen molar-refractivity contribution in [2.75, 3.05) is 14.2 Å². The molecule has 0 atom stereocenters. The van der Waals surface area contributed by atoms with Gasteiger partial charge in [-0.15, -0.1) is 0 Å². The summed E-state index contributed by atoms with van der Waals surface area (Å²) in [5.41, 5.74) is 0.905. The van der Waals surface area contributed by atoms with Crippen molar-refractivity contribution in [2.45, 2.75) is 25.7 Å². The molecule has 2 rings (SSSR count). The second-order valence-corrected chi connectivity index (χ2v) is 4.08. The van der Waals surface area contributed by atoms with Gasteiger partial charge in [-0.05, 0) is 25.3 Å². The van der Waals surface area contributed by atoms with Gasteiger partial charge >= 0.3 is 0 Å². The molecule has 0 bridgehead atoms. The van der Waals surface area contributed by atoms with Gasteiger partial charge in [0.15, 0.2) is 23.1 Å². The summed E-state index contributed by atoms with van der Waals surface area (Å²) in [5, 5.41) is 0. The third-order valence-electron chi connectivity index (χ3n) is 3.09. The molecule has 0 unspecified atom stereocenters. The fraction of sp³-hybridized carbons (Fsp3) is 0.462. The molecular formula is C13H15FO3. The van der Waals surface area contributed by atoms with Crippen LogP contribution in [0.15, 0.2) is 6.07 Å². The number of hydrogen-bond donors (Lipinski definition) is 0. The number of carbonyl (C=O) groups is 1. The van der Waals surface area contributed by atoms with Crippen LogP contribution in [-0.2, 0) is 6.42 Å². The fourth-order valence-electron chi connectivity index (χ4n) is 2.20. The monoisotopic (exact) mass is 238 g/mol. The molecule has 0 amide bonds. The normalized spacial score (nSPS) is 15.1. The minimum atomic E-state index is -0.461. The third kappa shape index (κ3) is 1.99. The van der Waals surface area contributed by atoms with Crippen molar-refractivity contribution in [3.8, 4) is 11.5 Å². The van der Waals surface area contributed by atoms with E-state index in [2.05, 4.69) is 0 Å². The van der Waals surface area contributed by atoms with Gasteiger partial charge in [-0.25, -0.2) is 4.39 Å². The summed E-state index contributed by atoms with van der Waals surface area (Å²) in [5.74, 6) is -0.116. The number of Topliss-reactive ketones (excluding diaryl/α,β-unsaturated/α-hetero) is 1. The van der Waals surface area contributed by atoms with E-state index in [1.165, 1.54) is 14.2 Å². The standard InChI is InChI=1S/C13H15FO3/c1-16-11-7-9-8(12(14)13(11)17-2)5-3-4-6-10(9)15/h7H,3-6H2,1-2H3. The van der Waals surface area contributed by atoms with Gasteiger partial charge in [0, 0.05) is 17.5 Å². The lowest BCUT2D eigenvalue weighted by molar-refractivity contribution is 0.0981. The smallest absolute Gasteiger partial charge is 0.197 e. The molecule has 1 aromatic carbocycles. The highest BCUT2D eigenvalue weighted by Crippen LogP contribution is 2.37. The number of halogens is 1. The third-order valence-corrected chi connectivity index (χ3v) is 3.09. The fourth-order valence-corrected chi connectivity index (χ4v) is 2.20. The van der Waals surface area contributed by atoms with Crippen LogP contribution in [0.5, 0.6) is 11.5 Å². The average molecular weight is 238 g/mol. The van der Waals surface area contributed by atoms with Crippen molar-refractivity contribution in [2.24, 2.45) is 0 Å². The molecule has 92 valence electrons. The van der Waals surface area contributed by atoms with Gasteiger partial charge in [-0.1, -0.05) is 0 Å². The van der Waals surface area contributed by atoms with Gasteiger partial charge in [0.25, 0.3) is 0 Å². The number of ether oxygens (including phenoxy) is 2. The lowest BCUT2D eigenvalue weighted by Gasteiger charge is -2.14. The van der Waals surface area contributed by atoms with E-state index < -0.39 is 5.82 Å². The Labute approximate surface area is 99.5 Å². The Bertz CT molecular complexity index is 454. The minimum absolute atomic E-state index is 0.0163. The maximum atomic E-state index is 14.2. The maximum absolute atomic E-state index is 14.2. The van der Waals surface area contributed by atoms with E-state index in [0.29, 0.717) is 24.0 Å². The first-order valence-corrected chi connectivity index (χ1v) is 5.65. The Morgan fingerprint density at radius 1 is 1.18 bits per heavy atom. The van der Waals surface area contributed by atoms with Crippen molar-refractivity contribution >= 4 is 5.78 Å². The van der Waals surface area contributed by atoms with Crippen LogP contribution in [0, 0.1) is 5.82 Å². The highest BCUT2D eigenvalue weighted by atomic mass is 19.1. The largest absolute Gasteiger partial charge is 0.493 e. The molecule has 0 heterocycles. The Morgan fingerprint density at radius 2 is 1.88 bits per heavy atom. The molecule has 0 saturated carbocycles. The van der Waals surface area contributed by atoms with Crippen LogP contribution in [0.4, 0.5) is 4.39 Å². The number of ketones is 1. The highest BCUT2D eigenvalue weighted by Gasteiger charge is 2.24. The first-order valence-electron chi connectivity index (χ1n) is 5.65. The Kier molecular flexibility index (Phi) is 3.31. The molecule has 0 fully saturated rings. The lowest BCUT2D eigenvalue weighted by atomic mass is 10.0. The SMILES string of the molecule is COc1cc2c(c(F)c1OC)CCCCC2=O. The number of methoxy groups -OCH3 is 2. The minimum Gasteiger partial charge on any atom is -0.493 e. The van der Waals surface area contributed by atoms with Gasteiger partial charge in [0.05, 0.1) is 14.2 Å². The van der Waals surface area contributed by atoms with Gasteiger partial charge in [-0.3, -0.25) is 4.79 Å². The Balaban J connectivity index is 2.64. The number of carbonyl (C=O) groups excluding carboxylic acids is 1. The summed E-state index contributed by atoms with van der Waals surface area (Å²) in [7, 11) is 2.83. The average Bonchev–Trinajstić information content (AvgIpc) is 2.52. The van der Waals surface area contributed by atoms with E-state index in [1.54, 1.807) is 6.07 Å². The second-order valence-electron chi connectivity index (χ2n) is 4.08. The molecule has 1 aliphatic rings. The molecule has 0 aromatic heterocycles. The van der Waals surface area contributed by atoms with Gasteiger partial charge in [0.1, 0.15) is 0 Å². The van der Waals surface area contributed by atoms with Crippen LogP contribution < -0.4 is 9.47 Å². The van der Waals surface area contributed by atoms with Crippen molar-refractivity contribution in [1.82, 2.24) is 0 Å². The predicted octanol–water partition coefficient (Wildman–Crippen LogP) is 2.75. The number of rotatable bonds is 2. The molecular weight excluding hydrogens is 223 g/mol. The van der Waals surface area contributed by atoms with E-state index in [9.17, 15) is 9.18 Å². The van der Waals surface area contributed by atoms with Crippen LogP contribution in [0.2, 0.25) is 0 Å². The topological polar surface area (TPSA) is 35.5 Å². The van der Waals surface area contributed by atoms with Crippen molar-refractivity contribution in [1.29, 1.82) is 0 Å². The molecule has 17 heavy (non-hydrogen) atoms. The maximum Gasteiger partial charge on any atom is 0.197 e. The number of fused-ring (bicyclic) bond motifs is 1. The van der Waals surface area contributed by atoms with Crippen LogP contribution >= 0.6 is 0 Å². The van der Waals surface area contributed by atoms with E-state index in [4.69, 9.17) is 9.47 Å². The van der Waals surface area contributed by atoms with Crippen LogP contribution in [0.25, 0.3) is 0 Å². The Morgan fingerprint density at radius 3 is 2.53 bits per heavy atom. The molecule has 0 saturated heterocycles. The summed E-state index contributed by atoms with van der Waals surface area (Å²) >= 11 is 0. The zero-order valence-corrected chi connectivity index (χ0v) is 10.0. The lowest BCUT2D eigenvalue weighted by Crippen LogP contribution is -2.06. The van der Waals surface area contributed by atoms with Crippen molar-refractivity contribution < 1.29 is 18.7 Å². The zero-order valence-electron chi connectivity index (χ0n) is 10.0. The van der Waals surface area contributed by atoms with E-state index in [0.717, 1.165) is 12.8 Å². The summed E-state index contributed by atoms with van der Waals surface area (Å²) in [6.45, 7) is 0. The van der Waals surface area contributed by atoms with Crippen LogP contribution in [0.3, 0.4) is 0 Å². The molecule has 1 aromatic rings. The zero-order chi connectivity index (χ0) is 12.4. The number of hydrogen-bond acceptors (Lipinski definition) is 3. The summed E-state index contributed by atoms with van der Waals surface area (Å²) in [4.78, 5) is 11.9. The molecule has 4 heteroatoms. The van der Waals surface area contributed by atoms with Crippen LogP contribution in [0.1, 0.15) is 35.2 Å². The number of benzene rings is 1. The molecule has 0 spiro atoms. The van der Waals surface area contributed by atoms with Gasteiger partial charge in [-0.2, -0.15) is 0 Å². The van der Waals surface area contributed by atoms with E-state index >= 15 is 0 Å². The van der Waals surface area contributed by atoms with Crippen molar-refractivity contribution in [3.63, 3.8) is 0 Å². The molecule has 3 nitrogen and oxygen atoms in total. The molecule has 0 radical (unpaired) electrons. The predicted molar refractivity (Wildman–Crippen MR) is 61.4 cm³/mol. The van der Waals surface area contributed by atoms with E-state index in [-0.39, 0.29) is 17.3 Å². The van der Waals surface area contributed by atoms with Crippen molar-refractivity contribution in [3.05, 3.63) is 23.0 Å². The summed E-state index contributed by atoms with van der Waals surface area (Å²) in [6, 6.07) is 1.59. The first-order chi connectivity index (χ1) is 8.19. The Hall–Kier alpha value is -1.58. The van der Waals surface area contributed by atoms with Gasteiger partial charge < -0.3 is 9.47 Å². The van der Waals surface area contributed by atoms with E-state index in [1.807, 2.05) is 0 Å². The first kappa shape index (κ1) is 11.9. The molecule has 0 aliphatic heterocycles. The molecule has 1 aliphatic carbocycles. The highest BCUT2D eigenvalue weighted by molar-refractivity contribution is 5.98. The summed E-state index contributed by atoms with van der Waals surface area (Å²) in [6.07, 6.45) is 2.68. The quantitative estimate of drug-likeness (QED) is 0.743. The molecule has 0 N–H and O–H groups in total.